The van der Waals surface area contributed by atoms with Crippen LogP contribution in [0.25, 0.3) is 21.8 Å². The number of fused-ring (bicyclic) bond motifs is 2. The first-order chi connectivity index (χ1) is 11.2. The number of hydrogen-bond acceptors (Lipinski definition) is 5. The first-order valence-corrected chi connectivity index (χ1v) is 6.90. The Kier molecular flexibility index (Phi) is 3.68. The number of hydrazone groups is 1. The predicted molar refractivity (Wildman–Crippen MR) is 89.4 cm³/mol. The van der Waals surface area contributed by atoms with Crippen molar-refractivity contribution in [1.29, 1.82) is 10.5 Å². The molecule has 0 saturated carbocycles. The quantitative estimate of drug-likeness (QED) is 0.429. The fraction of sp³-hybridized carbons (Fsp3) is 0. The Labute approximate surface area is 135 Å². The molecule has 2 N–H and O–H groups in total. The zero-order valence-corrected chi connectivity index (χ0v) is 12.3. The standard InChI is InChI=1S/C16H8ClN5O/c17-12-5-1-3-10-14(12)20-15-11(16(10)23)4-2-6-13(15)22-21-9(7-18)8-19/h1-6,22H,(H,20,23). The molecule has 0 aliphatic carbocycles. The number of aromatic amines is 1. The summed E-state index contributed by atoms with van der Waals surface area (Å²) in [6.07, 6.45) is 0. The Morgan fingerprint density at radius 1 is 1.09 bits per heavy atom. The third-order valence-corrected chi connectivity index (χ3v) is 3.63. The first kappa shape index (κ1) is 14.6. The molecule has 1 heterocycles. The number of benzene rings is 2. The van der Waals surface area contributed by atoms with Crippen LogP contribution >= 0.6 is 11.6 Å². The second-order valence-corrected chi connectivity index (χ2v) is 5.05. The van der Waals surface area contributed by atoms with Gasteiger partial charge in [0.15, 0.2) is 5.43 Å². The van der Waals surface area contributed by atoms with Gasteiger partial charge in [-0.05, 0) is 24.3 Å². The van der Waals surface area contributed by atoms with E-state index < -0.39 is 0 Å². The molecule has 3 rings (SSSR count). The number of nitrogens with one attached hydrogen (secondary N) is 2. The number of halogens is 1. The molecule has 23 heavy (non-hydrogen) atoms. The largest absolute Gasteiger partial charge is 0.351 e. The lowest BCUT2D eigenvalue weighted by Gasteiger charge is -2.08. The van der Waals surface area contributed by atoms with Crippen LogP contribution in [0.15, 0.2) is 46.3 Å². The van der Waals surface area contributed by atoms with Crippen molar-refractivity contribution in [3.05, 3.63) is 51.6 Å². The van der Waals surface area contributed by atoms with Gasteiger partial charge >= 0.3 is 0 Å². The summed E-state index contributed by atoms with van der Waals surface area (Å²) >= 11 is 6.15. The highest BCUT2D eigenvalue weighted by Crippen LogP contribution is 2.25. The van der Waals surface area contributed by atoms with E-state index in [0.29, 0.717) is 32.5 Å². The van der Waals surface area contributed by atoms with Crippen LogP contribution in [-0.2, 0) is 0 Å². The zero-order valence-electron chi connectivity index (χ0n) is 11.6. The van der Waals surface area contributed by atoms with Gasteiger partial charge < -0.3 is 4.98 Å². The van der Waals surface area contributed by atoms with Gasteiger partial charge in [0, 0.05) is 10.8 Å². The fourth-order valence-electron chi connectivity index (χ4n) is 2.27. The molecule has 0 aliphatic heterocycles. The zero-order chi connectivity index (χ0) is 16.4. The maximum absolute atomic E-state index is 12.6. The summed E-state index contributed by atoms with van der Waals surface area (Å²) in [4.78, 5) is 15.7. The first-order valence-electron chi connectivity index (χ1n) is 6.53. The van der Waals surface area contributed by atoms with Gasteiger partial charge in [-0.3, -0.25) is 10.2 Å². The van der Waals surface area contributed by atoms with Crippen LogP contribution < -0.4 is 10.9 Å². The minimum Gasteiger partial charge on any atom is -0.351 e. The molecule has 110 valence electrons. The Morgan fingerprint density at radius 2 is 1.74 bits per heavy atom. The van der Waals surface area contributed by atoms with Crippen molar-refractivity contribution in [2.24, 2.45) is 5.10 Å². The minimum absolute atomic E-state index is 0.162. The van der Waals surface area contributed by atoms with Crippen molar-refractivity contribution in [2.75, 3.05) is 5.43 Å². The van der Waals surface area contributed by atoms with E-state index in [9.17, 15) is 4.79 Å². The van der Waals surface area contributed by atoms with E-state index in [-0.39, 0.29) is 11.1 Å². The summed E-state index contributed by atoms with van der Waals surface area (Å²) in [5, 5.41) is 22.5. The van der Waals surface area contributed by atoms with Crippen LogP contribution in [-0.4, -0.2) is 10.7 Å². The van der Waals surface area contributed by atoms with Crippen molar-refractivity contribution < 1.29 is 0 Å². The van der Waals surface area contributed by atoms with Crippen LogP contribution in [0.1, 0.15) is 0 Å². The van der Waals surface area contributed by atoms with E-state index in [1.807, 2.05) is 0 Å². The van der Waals surface area contributed by atoms with Crippen LogP contribution in [0, 0.1) is 22.7 Å². The number of hydrogen-bond donors (Lipinski definition) is 2. The molecule has 3 aromatic rings. The van der Waals surface area contributed by atoms with Gasteiger partial charge in [0.05, 0.1) is 21.7 Å². The molecule has 0 spiro atoms. The average Bonchev–Trinajstić information content (AvgIpc) is 2.57. The Morgan fingerprint density at radius 3 is 2.43 bits per heavy atom. The molecule has 0 aliphatic rings. The molecule has 0 radical (unpaired) electrons. The van der Waals surface area contributed by atoms with Gasteiger partial charge in [-0.15, -0.1) is 0 Å². The molecule has 0 fully saturated rings. The number of nitriles is 2. The number of H-pyrrole nitrogens is 1. The van der Waals surface area contributed by atoms with Gasteiger partial charge in [-0.1, -0.05) is 23.7 Å². The highest BCUT2D eigenvalue weighted by molar-refractivity contribution is 6.35. The molecule has 0 saturated heterocycles. The van der Waals surface area contributed by atoms with Crippen molar-refractivity contribution in [3.63, 3.8) is 0 Å². The van der Waals surface area contributed by atoms with E-state index in [2.05, 4.69) is 15.5 Å². The number of para-hydroxylation sites is 2. The molecule has 2 aromatic carbocycles. The molecule has 6 nitrogen and oxygen atoms in total. The molecular weight excluding hydrogens is 314 g/mol. The fourth-order valence-corrected chi connectivity index (χ4v) is 2.49. The molecule has 0 bridgehead atoms. The minimum atomic E-state index is -0.317. The lowest BCUT2D eigenvalue weighted by molar-refractivity contribution is 1.33. The van der Waals surface area contributed by atoms with E-state index in [1.54, 1.807) is 48.5 Å². The summed E-state index contributed by atoms with van der Waals surface area (Å²) in [6.45, 7) is 0. The number of nitrogens with zero attached hydrogens (tertiary/aromatic N) is 3. The van der Waals surface area contributed by atoms with E-state index >= 15 is 0 Å². The van der Waals surface area contributed by atoms with Crippen LogP contribution in [0.5, 0.6) is 0 Å². The topological polar surface area (TPSA) is 105 Å². The Balaban J connectivity index is 2.30. The van der Waals surface area contributed by atoms with E-state index in [1.165, 1.54) is 0 Å². The van der Waals surface area contributed by atoms with Gasteiger partial charge in [-0.2, -0.15) is 15.6 Å². The monoisotopic (exact) mass is 321 g/mol. The highest BCUT2D eigenvalue weighted by atomic mass is 35.5. The summed E-state index contributed by atoms with van der Waals surface area (Å²) < 4.78 is 0. The Bertz CT molecular complexity index is 1090. The summed E-state index contributed by atoms with van der Waals surface area (Å²) in [5.41, 5.74) is 3.63. The molecule has 0 amide bonds. The molecular formula is C16H8ClN5O. The lowest BCUT2D eigenvalue weighted by Crippen LogP contribution is -2.06. The van der Waals surface area contributed by atoms with Crippen LogP contribution in [0.2, 0.25) is 5.02 Å². The van der Waals surface area contributed by atoms with Gasteiger partial charge in [0.1, 0.15) is 12.1 Å². The Hall–Kier alpha value is -3.35. The number of pyridine rings is 1. The second-order valence-electron chi connectivity index (χ2n) is 4.64. The van der Waals surface area contributed by atoms with Crippen molar-refractivity contribution >= 4 is 44.8 Å². The normalized spacial score (nSPS) is 10.0. The second kappa shape index (κ2) is 5.80. The smallest absolute Gasteiger partial charge is 0.237 e. The summed E-state index contributed by atoms with van der Waals surface area (Å²) in [7, 11) is 0. The highest BCUT2D eigenvalue weighted by Gasteiger charge is 2.10. The average molecular weight is 322 g/mol. The van der Waals surface area contributed by atoms with Gasteiger partial charge in [0.25, 0.3) is 0 Å². The van der Waals surface area contributed by atoms with E-state index in [0.717, 1.165) is 0 Å². The lowest BCUT2D eigenvalue weighted by atomic mass is 10.1. The van der Waals surface area contributed by atoms with Crippen molar-refractivity contribution in [2.45, 2.75) is 0 Å². The van der Waals surface area contributed by atoms with Crippen LogP contribution in [0.3, 0.4) is 0 Å². The number of aromatic nitrogens is 1. The van der Waals surface area contributed by atoms with Crippen molar-refractivity contribution in [3.8, 4) is 12.1 Å². The van der Waals surface area contributed by atoms with Gasteiger partial charge in [-0.25, -0.2) is 0 Å². The molecule has 0 unspecified atom stereocenters. The summed E-state index contributed by atoms with van der Waals surface area (Å²) in [6, 6.07) is 13.4. The van der Waals surface area contributed by atoms with E-state index in [4.69, 9.17) is 22.1 Å². The van der Waals surface area contributed by atoms with Crippen LogP contribution in [0.4, 0.5) is 5.69 Å². The maximum atomic E-state index is 12.6. The predicted octanol–water partition coefficient (Wildman–Crippen LogP) is 3.15. The molecule has 0 atom stereocenters. The van der Waals surface area contributed by atoms with Gasteiger partial charge in [0.2, 0.25) is 5.71 Å². The SMILES string of the molecule is N#CC(C#N)=NNc1cccc2c(=O)c3cccc(Cl)c3[nH]c12. The number of anilines is 1. The number of rotatable bonds is 2. The molecule has 1 aromatic heterocycles. The third-order valence-electron chi connectivity index (χ3n) is 3.32. The maximum Gasteiger partial charge on any atom is 0.237 e. The van der Waals surface area contributed by atoms with Crippen molar-refractivity contribution in [1.82, 2.24) is 4.98 Å². The molecule has 7 heteroatoms. The summed E-state index contributed by atoms with van der Waals surface area (Å²) in [5.74, 6) is 0. The third kappa shape index (κ3) is 2.48.